The van der Waals surface area contributed by atoms with Crippen molar-refractivity contribution in [3.8, 4) is 5.75 Å². The van der Waals surface area contributed by atoms with E-state index in [2.05, 4.69) is 53.8 Å². The van der Waals surface area contributed by atoms with Crippen LogP contribution in [-0.4, -0.2) is 25.8 Å². The summed E-state index contributed by atoms with van der Waals surface area (Å²) in [5.41, 5.74) is 4.13. The SMILES string of the molecule is COc1c(Br)cc(Br)cc1/C=N/NC(=O)CNc1ccc2ccccc2c1. The van der Waals surface area contributed by atoms with Gasteiger partial charge in [-0.05, 0) is 51.0 Å². The minimum atomic E-state index is -0.243. The van der Waals surface area contributed by atoms with Gasteiger partial charge in [0.2, 0.25) is 0 Å². The molecular formula is C20H17Br2N3O2. The largest absolute Gasteiger partial charge is 0.495 e. The summed E-state index contributed by atoms with van der Waals surface area (Å²) in [4.78, 5) is 12.0. The Morgan fingerprint density at radius 3 is 2.67 bits per heavy atom. The van der Waals surface area contributed by atoms with Gasteiger partial charge in [-0.2, -0.15) is 5.10 Å². The number of nitrogens with zero attached hydrogens (tertiary/aromatic N) is 1. The van der Waals surface area contributed by atoms with Crippen molar-refractivity contribution < 1.29 is 9.53 Å². The van der Waals surface area contributed by atoms with Gasteiger partial charge >= 0.3 is 0 Å². The lowest BCUT2D eigenvalue weighted by atomic mass is 10.1. The van der Waals surface area contributed by atoms with Crippen LogP contribution < -0.4 is 15.5 Å². The molecule has 0 spiro atoms. The molecule has 0 aromatic heterocycles. The zero-order valence-corrected chi connectivity index (χ0v) is 17.7. The molecule has 3 aromatic carbocycles. The van der Waals surface area contributed by atoms with Crippen LogP contribution in [0.1, 0.15) is 5.56 Å². The van der Waals surface area contributed by atoms with Gasteiger partial charge in [0.05, 0.1) is 24.3 Å². The maximum Gasteiger partial charge on any atom is 0.259 e. The molecule has 0 saturated heterocycles. The Kier molecular flexibility index (Phi) is 6.47. The zero-order valence-electron chi connectivity index (χ0n) is 14.5. The second-order valence-corrected chi connectivity index (χ2v) is 7.49. The van der Waals surface area contributed by atoms with E-state index in [0.717, 1.165) is 31.0 Å². The van der Waals surface area contributed by atoms with Crippen LogP contribution in [0.2, 0.25) is 0 Å². The molecular weight excluding hydrogens is 474 g/mol. The topological polar surface area (TPSA) is 62.7 Å². The van der Waals surface area contributed by atoms with Gasteiger partial charge in [-0.25, -0.2) is 5.43 Å². The Hall–Kier alpha value is -2.38. The van der Waals surface area contributed by atoms with E-state index in [0.29, 0.717) is 5.75 Å². The normalized spacial score (nSPS) is 10.9. The van der Waals surface area contributed by atoms with Crippen molar-refractivity contribution in [1.82, 2.24) is 5.43 Å². The Morgan fingerprint density at radius 1 is 1.11 bits per heavy atom. The van der Waals surface area contributed by atoms with Crippen LogP contribution in [0.15, 0.2) is 68.6 Å². The van der Waals surface area contributed by atoms with Crippen molar-refractivity contribution in [2.75, 3.05) is 19.0 Å². The predicted molar refractivity (Wildman–Crippen MR) is 117 cm³/mol. The number of fused-ring (bicyclic) bond motifs is 1. The lowest BCUT2D eigenvalue weighted by Crippen LogP contribution is -2.25. The first-order valence-electron chi connectivity index (χ1n) is 8.14. The molecule has 0 aliphatic rings. The fourth-order valence-corrected chi connectivity index (χ4v) is 4.01. The summed E-state index contributed by atoms with van der Waals surface area (Å²) in [5.74, 6) is 0.401. The fraction of sp³-hybridized carbons (Fsp3) is 0.100. The van der Waals surface area contributed by atoms with E-state index in [1.54, 1.807) is 13.3 Å². The number of hydrogen-bond acceptors (Lipinski definition) is 4. The van der Waals surface area contributed by atoms with Crippen LogP contribution in [0.25, 0.3) is 10.8 Å². The van der Waals surface area contributed by atoms with Crippen molar-refractivity contribution in [1.29, 1.82) is 0 Å². The van der Waals surface area contributed by atoms with Crippen LogP contribution in [0.3, 0.4) is 0 Å². The average Bonchev–Trinajstić information content (AvgIpc) is 2.66. The molecule has 27 heavy (non-hydrogen) atoms. The summed E-state index contributed by atoms with van der Waals surface area (Å²) in [7, 11) is 1.58. The van der Waals surface area contributed by atoms with E-state index in [1.807, 2.05) is 48.5 Å². The minimum Gasteiger partial charge on any atom is -0.495 e. The number of methoxy groups -OCH3 is 1. The Balaban J connectivity index is 1.58. The third kappa shape index (κ3) is 5.08. The van der Waals surface area contributed by atoms with E-state index < -0.39 is 0 Å². The molecule has 0 unspecified atom stereocenters. The zero-order chi connectivity index (χ0) is 19.2. The smallest absolute Gasteiger partial charge is 0.259 e. The molecule has 0 radical (unpaired) electrons. The fourth-order valence-electron chi connectivity index (χ4n) is 2.59. The second-order valence-electron chi connectivity index (χ2n) is 5.72. The molecule has 3 rings (SSSR count). The molecule has 0 atom stereocenters. The van der Waals surface area contributed by atoms with Crippen LogP contribution in [0.5, 0.6) is 5.75 Å². The highest BCUT2D eigenvalue weighted by molar-refractivity contribution is 9.11. The molecule has 138 valence electrons. The quantitative estimate of drug-likeness (QED) is 0.380. The second kappa shape index (κ2) is 9.01. The number of anilines is 1. The molecule has 2 N–H and O–H groups in total. The monoisotopic (exact) mass is 489 g/mol. The first kappa shape index (κ1) is 19.4. The van der Waals surface area contributed by atoms with Gasteiger partial charge in [-0.1, -0.05) is 46.3 Å². The highest BCUT2D eigenvalue weighted by Crippen LogP contribution is 2.31. The van der Waals surface area contributed by atoms with Gasteiger partial charge in [-0.3, -0.25) is 4.79 Å². The van der Waals surface area contributed by atoms with Gasteiger partial charge in [0.25, 0.3) is 5.91 Å². The van der Waals surface area contributed by atoms with E-state index in [-0.39, 0.29) is 12.5 Å². The maximum absolute atomic E-state index is 12.0. The minimum absolute atomic E-state index is 0.120. The lowest BCUT2D eigenvalue weighted by molar-refractivity contribution is -0.119. The Labute approximate surface area is 174 Å². The molecule has 3 aromatic rings. The number of hydrogen-bond donors (Lipinski definition) is 2. The first-order chi connectivity index (χ1) is 13.1. The predicted octanol–water partition coefficient (Wildman–Crippen LogP) is 4.94. The lowest BCUT2D eigenvalue weighted by Gasteiger charge is -2.08. The first-order valence-corrected chi connectivity index (χ1v) is 9.73. The molecule has 0 aliphatic heterocycles. The molecule has 5 nitrogen and oxygen atoms in total. The van der Waals surface area contributed by atoms with Crippen LogP contribution >= 0.6 is 31.9 Å². The molecule has 0 bridgehead atoms. The molecule has 0 aliphatic carbocycles. The summed E-state index contributed by atoms with van der Waals surface area (Å²) in [6.07, 6.45) is 1.54. The number of carbonyl (C=O) groups is 1. The molecule has 1 amide bonds. The van der Waals surface area contributed by atoms with Crippen LogP contribution in [0.4, 0.5) is 5.69 Å². The Morgan fingerprint density at radius 2 is 1.89 bits per heavy atom. The molecule has 0 saturated carbocycles. The number of hydrazone groups is 1. The number of nitrogens with one attached hydrogen (secondary N) is 2. The number of carbonyl (C=O) groups excluding carboxylic acids is 1. The molecule has 0 fully saturated rings. The van der Waals surface area contributed by atoms with Crippen molar-refractivity contribution in [2.45, 2.75) is 0 Å². The van der Waals surface area contributed by atoms with Crippen LogP contribution in [0, 0.1) is 0 Å². The summed E-state index contributed by atoms with van der Waals surface area (Å²) in [6.45, 7) is 0.120. The number of halogens is 2. The van der Waals surface area contributed by atoms with Crippen molar-refractivity contribution in [3.63, 3.8) is 0 Å². The summed E-state index contributed by atoms with van der Waals surface area (Å²) >= 11 is 6.85. The van der Waals surface area contributed by atoms with E-state index in [1.165, 1.54) is 0 Å². The van der Waals surface area contributed by atoms with Gasteiger partial charge in [0.1, 0.15) is 5.75 Å². The van der Waals surface area contributed by atoms with Crippen molar-refractivity contribution in [3.05, 3.63) is 69.1 Å². The maximum atomic E-state index is 12.0. The van der Waals surface area contributed by atoms with Gasteiger partial charge in [0.15, 0.2) is 0 Å². The number of benzene rings is 3. The van der Waals surface area contributed by atoms with Crippen molar-refractivity contribution >= 4 is 60.4 Å². The van der Waals surface area contributed by atoms with Crippen LogP contribution in [-0.2, 0) is 4.79 Å². The summed E-state index contributed by atoms with van der Waals surface area (Å²) in [6, 6.07) is 17.8. The highest BCUT2D eigenvalue weighted by atomic mass is 79.9. The highest BCUT2D eigenvalue weighted by Gasteiger charge is 2.08. The number of rotatable bonds is 6. The molecule has 0 heterocycles. The number of amides is 1. The molecule has 7 heteroatoms. The van der Waals surface area contributed by atoms with E-state index >= 15 is 0 Å². The third-order valence-corrected chi connectivity index (χ3v) is 4.88. The summed E-state index contributed by atoms with van der Waals surface area (Å²) < 4.78 is 7.02. The van der Waals surface area contributed by atoms with Gasteiger partial charge in [-0.15, -0.1) is 0 Å². The standard InChI is InChI=1S/C20H17Br2N3O2/c1-27-20-15(8-16(21)10-18(20)22)11-24-25-19(26)12-23-17-7-6-13-4-2-3-5-14(13)9-17/h2-11,23H,12H2,1H3,(H,25,26)/b24-11+. The van der Waals surface area contributed by atoms with Gasteiger partial charge in [0, 0.05) is 15.7 Å². The number of ether oxygens (including phenoxy) is 1. The average molecular weight is 491 g/mol. The van der Waals surface area contributed by atoms with E-state index in [4.69, 9.17) is 4.74 Å². The van der Waals surface area contributed by atoms with Gasteiger partial charge < -0.3 is 10.1 Å². The third-order valence-electron chi connectivity index (χ3n) is 3.84. The van der Waals surface area contributed by atoms with E-state index in [9.17, 15) is 4.79 Å². The van der Waals surface area contributed by atoms with Crippen molar-refractivity contribution in [2.24, 2.45) is 5.10 Å². The summed E-state index contributed by atoms with van der Waals surface area (Å²) in [5, 5.41) is 9.39. The Bertz CT molecular complexity index is 1010.